The Balaban J connectivity index is 2.07. The summed E-state index contributed by atoms with van der Waals surface area (Å²) in [6.45, 7) is 0. The van der Waals surface area contributed by atoms with E-state index in [0.717, 1.165) is 5.56 Å². The molecule has 1 aromatic rings. The maximum Gasteiger partial charge on any atom is 0.356 e. The molecule has 1 aromatic carbocycles. The Morgan fingerprint density at radius 3 is 2.94 bits per heavy atom. The molecular formula is C12H11Cl2NO3. The molecule has 4 nitrogen and oxygen atoms in total. The number of carbonyl (C=O) groups is 1. The largest absolute Gasteiger partial charge is 0.464 e. The molecule has 0 aromatic heterocycles. The molecule has 0 saturated heterocycles. The van der Waals surface area contributed by atoms with Crippen molar-refractivity contribution in [2.45, 2.75) is 12.5 Å². The summed E-state index contributed by atoms with van der Waals surface area (Å²) in [5, 5.41) is 1.16. The second kappa shape index (κ2) is 5.61. The molecule has 0 saturated carbocycles. The van der Waals surface area contributed by atoms with E-state index in [1.54, 1.807) is 18.2 Å². The molecule has 1 unspecified atom stereocenters. The summed E-state index contributed by atoms with van der Waals surface area (Å²) in [6, 6.07) is 5.26. The van der Waals surface area contributed by atoms with Crippen LogP contribution in [-0.4, -0.2) is 19.2 Å². The molecular weight excluding hydrogens is 277 g/mol. The van der Waals surface area contributed by atoms with Crippen LogP contribution in [0.3, 0.4) is 0 Å². The van der Waals surface area contributed by atoms with Gasteiger partial charge in [-0.3, -0.25) is 10.3 Å². The van der Waals surface area contributed by atoms with Gasteiger partial charge in [-0.25, -0.2) is 4.79 Å². The van der Waals surface area contributed by atoms with Gasteiger partial charge in [0.25, 0.3) is 0 Å². The maximum absolute atomic E-state index is 11.2. The van der Waals surface area contributed by atoms with Gasteiger partial charge < -0.3 is 4.74 Å². The van der Waals surface area contributed by atoms with E-state index in [0.29, 0.717) is 22.2 Å². The first-order valence-corrected chi connectivity index (χ1v) is 6.01. The van der Waals surface area contributed by atoms with Crippen LogP contribution in [0.4, 0.5) is 0 Å². The summed E-state index contributed by atoms with van der Waals surface area (Å²) in [5.41, 5.74) is 3.72. The molecule has 0 bridgehead atoms. The average Bonchev–Trinajstić information content (AvgIpc) is 2.80. The van der Waals surface area contributed by atoms with E-state index in [1.807, 2.05) is 6.07 Å². The van der Waals surface area contributed by atoms with Crippen LogP contribution < -0.4 is 5.48 Å². The normalized spacial score (nSPS) is 18.2. The Bertz CT molecular complexity index is 502. The minimum absolute atomic E-state index is 0.266. The number of hydrogen-bond acceptors (Lipinski definition) is 4. The Morgan fingerprint density at radius 2 is 2.28 bits per heavy atom. The van der Waals surface area contributed by atoms with Gasteiger partial charge in [-0.2, -0.15) is 0 Å². The van der Waals surface area contributed by atoms with E-state index in [4.69, 9.17) is 28.0 Å². The number of methoxy groups -OCH3 is 1. The van der Waals surface area contributed by atoms with E-state index in [2.05, 4.69) is 10.2 Å². The van der Waals surface area contributed by atoms with Crippen LogP contribution in [0.1, 0.15) is 5.56 Å². The van der Waals surface area contributed by atoms with Gasteiger partial charge in [0.2, 0.25) is 0 Å². The summed E-state index contributed by atoms with van der Waals surface area (Å²) >= 11 is 11.9. The lowest BCUT2D eigenvalue weighted by molar-refractivity contribution is -0.137. The fourth-order valence-electron chi connectivity index (χ4n) is 1.62. The van der Waals surface area contributed by atoms with Gasteiger partial charge in [0, 0.05) is 16.5 Å². The summed E-state index contributed by atoms with van der Waals surface area (Å²) in [7, 11) is 1.31. The lowest BCUT2D eigenvalue weighted by atomic mass is 10.1. The average molecular weight is 288 g/mol. The van der Waals surface area contributed by atoms with Gasteiger partial charge in [0.1, 0.15) is 11.8 Å². The third-order valence-electron chi connectivity index (χ3n) is 2.51. The van der Waals surface area contributed by atoms with Crippen molar-refractivity contribution in [3.8, 4) is 0 Å². The minimum atomic E-state index is -0.459. The fraction of sp³-hybridized carbons (Fsp3) is 0.250. The van der Waals surface area contributed by atoms with Crippen molar-refractivity contribution in [2.24, 2.45) is 0 Å². The van der Waals surface area contributed by atoms with Gasteiger partial charge >= 0.3 is 5.97 Å². The van der Waals surface area contributed by atoms with Crippen molar-refractivity contribution in [1.29, 1.82) is 0 Å². The van der Waals surface area contributed by atoms with Crippen molar-refractivity contribution < 1.29 is 14.4 Å². The fourth-order valence-corrected chi connectivity index (χ4v) is 2.10. The Morgan fingerprint density at radius 1 is 1.50 bits per heavy atom. The van der Waals surface area contributed by atoms with Crippen LogP contribution in [0.25, 0.3) is 0 Å². The number of rotatable bonds is 3. The minimum Gasteiger partial charge on any atom is -0.464 e. The van der Waals surface area contributed by atoms with E-state index < -0.39 is 5.97 Å². The number of benzene rings is 1. The van der Waals surface area contributed by atoms with Crippen LogP contribution in [0.15, 0.2) is 30.0 Å². The van der Waals surface area contributed by atoms with Crippen LogP contribution in [0.2, 0.25) is 10.0 Å². The monoisotopic (exact) mass is 287 g/mol. The van der Waals surface area contributed by atoms with Crippen molar-refractivity contribution >= 4 is 29.2 Å². The number of carbonyl (C=O) groups excluding carboxylic acids is 1. The smallest absolute Gasteiger partial charge is 0.356 e. The highest BCUT2D eigenvalue weighted by molar-refractivity contribution is 6.35. The molecule has 0 aliphatic carbocycles. The van der Waals surface area contributed by atoms with Crippen LogP contribution in [0.5, 0.6) is 0 Å². The zero-order valence-corrected chi connectivity index (χ0v) is 11.1. The zero-order valence-electron chi connectivity index (χ0n) is 9.57. The van der Waals surface area contributed by atoms with Gasteiger partial charge in [0.15, 0.2) is 0 Å². The summed E-state index contributed by atoms with van der Waals surface area (Å²) < 4.78 is 4.58. The highest BCUT2D eigenvalue weighted by Crippen LogP contribution is 2.24. The maximum atomic E-state index is 11.2. The van der Waals surface area contributed by atoms with Crippen LogP contribution in [0, 0.1) is 0 Å². The van der Waals surface area contributed by atoms with Crippen molar-refractivity contribution in [1.82, 2.24) is 5.48 Å². The Kier molecular flexibility index (Phi) is 4.11. The van der Waals surface area contributed by atoms with Gasteiger partial charge in [0.05, 0.1) is 7.11 Å². The Hall–Kier alpha value is -1.23. The molecule has 0 fully saturated rings. The van der Waals surface area contributed by atoms with E-state index in [1.165, 1.54) is 7.11 Å². The van der Waals surface area contributed by atoms with E-state index >= 15 is 0 Å². The topological polar surface area (TPSA) is 47.6 Å². The lowest BCUT2D eigenvalue weighted by Crippen LogP contribution is -2.18. The van der Waals surface area contributed by atoms with Crippen molar-refractivity contribution in [2.75, 3.05) is 7.11 Å². The zero-order chi connectivity index (χ0) is 13.1. The van der Waals surface area contributed by atoms with Gasteiger partial charge in [-0.15, -0.1) is 0 Å². The number of esters is 1. The first-order chi connectivity index (χ1) is 8.60. The predicted octanol–water partition coefficient (Wildman–Crippen LogP) is 2.50. The number of hydrogen-bond donors (Lipinski definition) is 1. The molecule has 2 rings (SSSR count). The third-order valence-corrected chi connectivity index (χ3v) is 3.10. The third kappa shape index (κ3) is 2.96. The number of nitrogens with one attached hydrogen (secondary N) is 1. The highest BCUT2D eigenvalue weighted by atomic mass is 35.5. The molecule has 96 valence electrons. The summed E-state index contributed by atoms with van der Waals surface area (Å²) in [6.07, 6.45) is 1.94. The molecule has 1 N–H and O–H groups in total. The molecule has 0 spiro atoms. The molecule has 18 heavy (non-hydrogen) atoms. The molecule has 1 heterocycles. The van der Waals surface area contributed by atoms with Gasteiger partial charge in [-0.05, 0) is 23.8 Å². The lowest BCUT2D eigenvalue weighted by Gasteiger charge is -2.09. The number of ether oxygens (including phenoxy) is 1. The second-order valence-corrected chi connectivity index (χ2v) is 4.61. The van der Waals surface area contributed by atoms with Crippen molar-refractivity contribution in [3.63, 3.8) is 0 Å². The number of hydroxylamine groups is 1. The molecule has 1 aliphatic heterocycles. The summed E-state index contributed by atoms with van der Waals surface area (Å²) in [5.74, 6) is -0.459. The Labute approximate surface area is 114 Å². The molecule has 6 heteroatoms. The SMILES string of the molecule is COC(=O)C1=CC(Cc2ccc(Cl)cc2Cl)ON1. The van der Waals surface area contributed by atoms with Crippen LogP contribution in [-0.2, 0) is 20.8 Å². The molecule has 0 radical (unpaired) electrons. The van der Waals surface area contributed by atoms with E-state index in [-0.39, 0.29) is 6.10 Å². The standard InChI is InChI=1S/C12H11Cl2NO3/c1-17-12(16)11-6-9(18-15-11)4-7-2-3-8(13)5-10(7)14/h2-3,5-6,9,15H,4H2,1H3. The quantitative estimate of drug-likeness (QED) is 0.868. The molecule has 1 aliphatic rings. The van der Waals surface area contributed by atoms with Crippen molar-refractivity contribution in [3.05, 3.63) is 45.6 Å². The predicted molar refractivity (Wildman–Crippen MR) is 68.3 cm³/mol. The molecule has 0 amide bonds. The van der Waals surface area contributed by atoms with Gasteiger partial charge in [-0.1, -0.05) is 29.3 Å². The highest BCUT2D eigenvalue weighted by Gasteiger charge is 2.22. The summed E-state index contributed by atoms with van der Waals surface area (Å²) in [4.78, 5) is 16.5. The first kappa shape index (κ1) is 13.2. The first-order valence-electron chi connectivity index (χ1n) is 5.26. The second-order valence-electron chi connectivity index (χ2n) is 3.77. The van der Waals surface area contributed by atoms with E-state index in [9.17, 15) is 4.79 Å². The number of halogens is 2. The van der Waals surface area contributed by atoms with Crippen LogP contribution >= 0.6 is 23.2 Å². The molecule has 1 atom stereocenters.